The van der Waals surface area contributed by atoms with Crippen molar-refractivity contribution in [1.29, 1.82) is 0 Å². The molecule has 2 atom stereocenters. The Morgan fingerprint density at radius 3 is 2.50 bits per heavy atom. The molecule has 104 valence electrons. The molecule has 3 nitrogen and oxygen atoms in total. The van der Waals surface area contributed by atoms with Crippen molar-refractivity contribution in [2.45, 2.75) is 69.0 Å². The first-order chi connectivity index (χ1) is 8.73. The lowest BCUT2D eigenvalue weighted by atomic mass is 9.69. The molecule has 2 saturated heterocycles. The van der Waals surface area contributed by atoms with Gasteiger partial charge in [-0.1, -0.05) is 19.3 Å². The van der Waals surface area contributed by atoms with Crippen LogP contribution in [0.3, 0.4) is 0 Å². The molecule has 0 bridgehead atoms. The van der Waals surface area contributed by atoms with Crippen molar-refractivity contribution in [2.24, 2.45) is 5.92 Å². The molecule has 0 aromatic rings. The van der Waals surface area contributed by atoms with E-state index in [1.54, 1.807) is 0 Å². The normalized spacial score (nSPS) is 40.8. The molecule has 1 spiro atoms. The Labute approximate surface area is 110 Å². The maximum Gasteiger partial charge on any atom is 0.0910 e. The molecule has 2 unspecified atom stereocenters. The van der Waals surface area contributed by atoms with Gasteiger partial charge in [-0.15, -0.1) is 0 Å². The highest BCUT2D eigenvalue weighted by Gasteiger charge is 2.46. The molecule has 3 rings (SSSR count). The molecule has 3 heteroatoms. The minimum Gasteiger partial charge on any atom is -0.387 e. The average Bonchev–Trinajstić information content (AvgIpc) is 2.41. The Morgan fingerprint density at radius 2 is 1.78 bits per heavy atom. The molecule has 3 fully saturated rings. The molecule has 1 aliphatic carbocycles. The van der Waals surface area contributed by atoms with Crippen LogP contribution in [0.4, 0.5) is 0 Å². The molecule has 18 heavy (non-hydrogen) atoms. The molecule has 2 aliphatic heterocycles. The van der Waals surface area contributed by atoms with E-state index < -0.39 is 5.60 Å². The first kappa shape index (κ1) is 12.9. The van der Waals surface area contributed by atoms with Crippen LogP contribution in [0, 0.1) is 5.92 Å². The van der Waals surface area contributed by atoms with Gasteiger partial charge in [0.05, 0.1) is 17.8 Å². The molecule has 0 radical (unpaired) electrons. The number of aliphatic hydroxyl groups is 1. The summed E-state index contributed by atoms with van der Waals surface area (Å²) < 4.78 is 11.6. The van der Waals surface area contributed by atoms with Gasteiger partial charge in [0.2, 0.25) is 0 Å². The number of hydrogen-bond donors (Lipinski definition) is 1. The van der Waals surface area contributed by atoms with Crippen molar-refractivity contribution in [1.82, 2.24) is 0 Å². The predicted octanol–water partition coefficient (Wildman–Crippen LogP) is 2.66. The fourth-order valence-electron chi connectivity index (χ4n) is 4.15. The van der Waals surface area contributed by atoms with E-state index in [1.165, 1.54) is 32.1 Å². The van der Waals surface area contributed by atoms with E-state index in [-0.39, 0.29) is 5.60 Å². The average molecular weight is 254 g/mol. The predicted molar refractivity (Wildman–Crippen MR) is 69.5 cm³/mol. The molecule has 3 aliphatic rings. The van der Waals surface area contributed by atoms with Crippen LogP contribution >= 0.6 is 0 Å². The van der Waals surface area contributed by atoms with Crippen LogP contribution in [0.15, 0.2) is 0 Å². The third-order valence-electron chi connectivity index (χ3n) is 5.27. The molecular weight excluding hydrogens is 228 g/mol. The highest BCUT2D eigenvalue weighted by molar-refractivity contribution is 4.97. The lowest BCUT2D eigenvalue weighted by Crippen LogP contribution is -2.52. The van der Waals surface area contributed by atoms with Crippen molar-refractivity contribution in [3.63, 3.8) is 0 Å². The van der Waals surface area contributed by atoms with Crippen LogP contribution in [0.1, 0.15) is 57.8 Å². The Balaban J connectivity index is 1.69. The third kappa shape index (κ3) is 2.45. The van der Waals surface area contributed by atoms with Crippen molar-refractivity contribution < 1.29 is 14.6 Å². The third-order valence-corrected chi connectivity index (χ3v) is 5.27. The molecule has 0 amide bonds. The quantitative estimate of drug-likeness (QED) is 0.782. The zero-order chi connectivity index (χ0) is 12.5. The molecule has 2 heterocycles. The first-order valence-corrected chi connectivity index (χ1v) is 7.67. The minimum absolute atomic E-state index is 0.0916. The van der Waals surface area contributed by atoms with E-state index in [0.29, 0.717) is 12.5 Å². The van der Waals surface area contributed by atoms with Gasteiger partial charge in [0.15, 0.2) is 0 Å². The Morgan fingerprint density at radius 1 is 0.944 bits per heavy atom. The summed E-state index contributed by atoms with van der Waals surface area (Å²) >= 11 is 0. The standard InChI is InChI=1S/C15H26O3/c16-15(8-4-9-17-12-15)13-5-10-18-14(11-13)6-2-1-3-7-14/h13,16H,1-12H2. The largest absolute Gasteiger partial charge is 0.387 e. The van der Waals surface area contributed by atoms with Gasteiger partial charge in [-0.25, -0.2) is 0 Å². The van der Waals surface area contributed by atoms with Gasteiger partial charge in [0, 0.05) is 13.2 Å². The second kappa shape index (κ2) is 5.10. The van der Waals surface area contributed by atoms with Crippen molar-refractivity contribution in [3.05, 3.63) is 0 Å². The Kier molecular flexibility index (Phi) is 3.65. The molecule has 0 aromatic carbocycles. The topological polar surface area (TPSA) is 38.7 Å². The maximum atomic E-state index is 10.8. The smallest absolute Gasteiger partial charge is 0.0910 e. The Bertz CT molecular complexity index is 259. The highest BCUT2D eigenvalue weighted by Crippen LogP contribution is 2.45. The second-order valence-corrected chi connectivity index (χ2v) is 6.54. The van der Waals surface area contributed by atoms with Crippen molar-refractivity contribution in [2.75, 3.05) is 19.8 Å². The maximum absolute atomic E-state index is 10.8. The highest BCUT2D eigenvalue weighted by atomic mass is 16.5. The zero-order valence-electron chi connectivity index (χ0n) is 11.3. The monoisotopic (exact) mass is 254 g/mol. The van der Waals surface area contributed by atoms with Crippen molar-refractivity contribution in [3.8, 4) is 0 Å². The van der Waals surface area contributed by atoms with E-state index in [2.05, 4.69) is 0 Å². The molecule has 1 saturated carbocycles. The summed E-state index contributed by atoms with van der Waals surface area (Å²) in [5, 5.41) is 10.8. The lowest BCUT2D eigenvalue weighted by Gasteiger charge is -2.49. The van der Waals surface area contributed by atoms with Gasteiger partial charge in [0.1, 0.15) is 0 Å². The lowest BCUT2D eigenvalue weighted by molar-refractivity contribution is -0.183. The molecular formula is C15H26O3. The van der Waals surface area contributed by atoms with E-state index >= 15 is 0 Å². The summed E-state index contributed by atoms with van der Waals surface area (Å²) in [6, 6.07) is 0. The zero-order valence-corrected chi connectivity index (χ0v) is 11.3. The summed E-state index contributed by atoms with van der Waals surface area (Å²) in [4.78, 5) is 0. The Hall–Kier alpha value is -0.120. The molecule has 1 N–H and O–H groups in total. The fraction of sp³-hybridized carbons (Fsp3) is 1.00. The van der Waals surface area contributed by atoms with Gasteiger partial charge in [0.25, 0.3) is 0 Å². The van der Waals surface area contributed by atoms with Crippen LogP contribution in [0.25, 0.3) is 0 Å². The van der Waals surface area contributed by atoms with Crippen LogP contribution in [0.5, 0.6) is 0 Å². The SMILES string of the molecule is OC1(C2CCOC3(CCCCC3)C2)CCCOC1. The fourth-order valence-corrected chi connectivity index (χ4v) is 4.15. The second-order valence-electron chi connectivity index (χ2n) is 6.54. The van der Waals surface area contributed by atoms with Crippen LogP contribution in [0.2, 0.25) is 0 Å². The van der Waals surface area contributed by atoms with Gasteiger partial charge in [-0.3, -0.25) is 0 Å². The summed E-state index contributed by atoms with van der Waals surface area (Å²) in [5.74, 6) is 0.379. The minimum atomic E-state index is -0.577. The van der Waals surface area contributed by atoms with Crippen LogP contribution in [-0.2, 0) is 9.47 Å². The number of ether oxygens (including phenoxy) is 2. The number of hydrogen-bond acceptors (Lipinski definition) is 3. The first-order valence-electron chi connectivity index (χ1n) is 7.67. The van der Waals surface area contributed by atoms with E-state index in [4.69, 9.17) is 9.47 Å². The van der Waals surface area contributed by atoms with E-state index in [1.807, 2.05) is 0 Å². The number of rotatable bonds is 1. The van der Waals surface area contributed by atoms with Crippen LogP contribution in [-0.4, -0.2) is 36.1 Å². The van der Waals surface area contributed by atoms with Crippen molar-refractivity contribution >= 4 is 0 Å². The van der Waals surface area contributed by atoms with Gasteiger partial charge in [-0.2, -0.15) is 0 Å². The summed E-state index contributed by atoms with van der Waals surface area (Å²) in [6.07, 6.45) is 10.3. The summed E-state index contributed by atoms with van der Waals surface area (Å²) in [5.41, 5.74) is -0.485. The van der Waals surface area contributed by atoms with E-state index in [9.17, 15) is 5.11 Å². The van der Waals surface area contributed by atoms with Crippen LogP contribution < -0.4 is 0 Å². The van der Waals surface area contributed by atoms with Gasteiger partial charge >= 0.3 is 0 Å². The summed E-state index contributed by atoms with van der Waals surface area (Å²) in [7, 11) is 0. The molecule has 0 aromatic heterocycles. The van der Waals surface area contributed by atoms with Gasteiger partial charge < -0.3 is 14.6 Å². The van der Waals surface area contributed by atoms with Gasteiger partial charge in [-0.05, 0) is 44.4 Å². The summed E-state index contributed by atoms with van der Waals surface area (Å²) in [6.45, 7) is 2.18. The van der Waals surface area contributed by atoms with E-state index in [0.717, 1.165) is 38.9 Å².